The van der Waals surface area contributed by atoms with Crippen molar-refractivity contribution in [1.29, 1.82) is 0 Å². The highest BCUT2D eigenvalue weighted by molar-refractivity contribution is 8.00. The molecule has 1 fully saturated rings. The molecule has 2 aromatic rings. The van der Waals surface area contributed by atoms with E-state index in [-0.39, 0.29) is 28.7 Å². The highest BCUT2D eigenvalue weighted by Gasteiger charge is 2.35. The first-order valence-corrected chi connectivity index (χ1v) is 11.3. The average molecular weight is 396 g/mol. The van der Waals surface area contributed by atoms with Crippen LogP contribution in [0.15, 0.2) is 6.20 Å². The molecule has 2 atom stereocenters. The van der Waals surface area contributed by atoms with Crippen LogP contribution in [0, 0.1) is 13.8 Å². The van der Waals surface area contributed by atoms with Crippen LogP contribution in [-0.2, 0) is 21.7 Å². The lowest BCUT2D eigenvalue weighted by Crippen LogP contribution is -2.15. The average Bonchev–Trinajstić information content (AvgIpc) is 3.15. The minimum atomic E-state index is -2.98. The Kier molecular flexibility index (Phi) is 4.14. The zero-order valence-corrected chi connectivity index (χ0v) is 16.5. The number of aromatic nitrogens is 4. The molecular formula is C16H21N5O3S2. The Morgan fingerprint density at radius 3 is 2.81 bits per heavy atom. The minimum absolute atomic E-state index is 0.0491. The standard InChI is InChI=1S/C16H21N5O3S2/c1-9-14(10(2)21(19-9)11-4-5-26(23,24)8-11)15-12-6-17-20(3)16(12)18-13(22)7-25-15/h6,11,15H,4-5,7-8H2,1-3H3,(H,18,22)/t11-,15-/m0/s1. The molecular weight excluding hydrogens is 374 g/mol. The number of hydrogen-bond donors (Lipinski definition) is 1. The third-order valence-corrected chi connectivity index (χ3v) is 8.09. The molecule has 8 nitrogen and oxygen atoms in total. The van der Waals surface area contributed by atoms with Crippen molar-refractivity contribution in [1.82, 2.24) is 19.6 Å². The van der Waals surface area contributed by atoms with Crippen molar-refractivity contribution < 1.29 is 13.2 Å². The maximum atomic E-state index is 12.1. The van der Waals surface area contributed by atoms with Gasteiger partial charge in [0, 0.05) is 23.9 Å². The predicted octanol–water partition coefficient (Wildman–Crippen LogP) is 1.37. The van der Waals surface area contributed by atoms with E-state index in [1.165, 1.54) is 0 Å². The fourth-order valence-electron chi connectivity index (χ4n) is 3.83. The number of rotatable bonds is 2. The quantitative estimate of drug-likeness (QED) is 0.825. The van der Waals surface area contributed by atoms with E-state index in [0.717, 1.165) is 22.5 Å². The number of fused-ring (bicyclic) bond motifs is 1. The van der Waals surface area contributed by atoms with E-state index in [1.807, 2.05) is 18.5 Å². The fourth-order valence-corrected chi connectivity index (χ4v) is 6.78. The number of carbonyl (C=O) groups is 1. The summed E-state index contributed by atoms with van der Waals surface area (Å²) in [6.07, 6.45) is 2.38. The molecule has 0 unspecified atom stereocenters. The number of anilines is 1. The second-order valence-electron chi connectivity index (χ2n) is 6.90. The normalized spacial score (nSPS) is 25.0. The van der Waals surface area contributed by atoms with Crippen molar-refractivity contribution >= 4 is 33.3 Å². The molecule has 1 amide bonds. The monoisotopic (exact) mass is 395 g/mol. The van der Waals surface area contributed by atoms with Gasteiger partial charge in [0.25, 0.3) is 0 Å². The van der Waals surface area contributed by atoms with Gasteiger partial charge in [0.1, 0.15) is 5.82 Å². The predicted molar refractivity (Wildman–Crippen MR) is 100 cm³/mol. The second kappa shape index (κ2) is 6.12. The zero-order chi connectivity index (χ0) is 18.6. The molecule has 0 aliphatic carbocycles. The van der Waals surface area contributed by atoms with Gasteiger partial charge in [0.15, 0.2) is 9.84 Å². The third kappa shape index (κ3) is 2.84. The molecule has 0 aromatic carbocycles. The van der Waals surface area contributed by atoms with Crippen molar-refractivity contribution in [2.24, 2.45) is 7.05 Å². The topological polar surface area (TPSA) is 98.9 Å². The van der Waals surface area contributed by atoms with E-state index in [4.69, 9.17) is 0 Å². The molecule has 4 rings (SSSR count). The van der Waals surface area contributed by atoms with Gasteiger partial charge in [-0.15, -0.1) is 11.8 Å². The van der Waals surface area contributed by atoms with Gasteiger partial charge in [0.05, 0.1) is 40.4 Å². The molecule has 4 heterocycles. The SMILES string of the molecule is Cc1nn([C@H]2CCS(=O)(=O)C2)c(C)c1[C@H]1SCC(=O)Nc2c1cnn2C. The number of nitrogens with zero attached hydrogens (tertiary/aromatic N) is 4. The van der Waals surface area contributed by atoms with Gasteiger partial charge >= 0.3 is 0 Å². The maximum Gasteiger partial charge on any atom is 0.235 e. The molecule has 26 heavy (non-hydrogen) atoms. The summed E-state index contributed by atoms with van der Waals surface area (Å²) in [7, 11) is -1.18. The van der Waals surface area contributed by atoms with Crippen LogP contribution in [0.5, 0.6) is 0 Å². The van der Waals surface area contributed by atoms with Crippen LogP contribution in [0.3, 0.4) is 0 Å². The molecule has 10 heteroatoms. The van der Waals surface area contributed by atoms with Gasteiger partial charge in [-0.05, 0) is 20.3 Å². The number of hydrogen-bond acceptors (Lipinski definition) is 6. The van der Waals surface area contributed by atoms with Gasteiger partial charge in [-0.2, -0.15) is 10.2 Å². The Balaban J connectivity index is 1.78. The van der Waals surface area contributed by atoms with Gasteiger partial charge in [-0.3, -0.25) is 14.2 Å². The van der Waals surface area contributed by atoms with Gasteiger partial charge in [-0.1, -0.05) is 0 Å². The Morgan fingerprint density at radius 2 is 2.12 bits per heavy atom. The molecule has 0 saturated carbocycles. The maximum absolute atomic E-state index is 12.1. The Bertz CT molecular complexity index is 992. The number of nitrogens with one attached hydrogen (secondary N) is 1. The molecule has 1 N–H and O–H groups in total. The van der Waals surface area contributed by atoms with Crippen LogP contribution < -0.4 is 5.32 Å². The smallest absolute Gasteiger partial charge is 0.235 e. The van der Waals surface area contributed by atoms with Crippen molar-refractivity contribution in [3.05, 3.63) is 28.7 Å². The van der Waals surface area contributed by atoms with Crippen molar-refractivity contribution in [3.8, 4) is 0 Å². The summed E-state index contributed by atoms with van der Waals surface area (Å²) in [6, 6.07) is -0.114. The summed E-state index contributed by atoms with van der Waals surface area (Å²) in [5.74, 6) is 1.37. The van der Waals surface area contributed by atoms with Crippen molar-refractivity contribution in [2.75, 3.05) is 22.6 Å². The van der Waals surface area contributed by atoms with Gasteiger partial charge < -0.3 is 5.32 Å². The zero-order valence-electron chi connectivity index (χ0n) is 14.9. The van der Waals surface area contributed by atoms with E-state index >= 15 is 0 Å². The van der Waals surface area contributed by atoms with Crippen LogP contribution in [-0.4, -0.2) is 51.1 Å². The van der Waals surface area contributed by atoms with Crippen LogP contribution in [0.1, 0.15) is 40.2 Å². The summed E-state index contributed by atoms with van der Waals surface area (Å²) in [5.41, 5.74) is 3.83. The number of aryl methyl sites for hydroxylation is 2. The summed E-state index contributed by atoms with van der Waals surface area (Å²) in [4.78, 5) is 12.1. The first-order chi connectivity index (χ1) is 12.3. The van der Waals surface area contributed by atoms with Crippen LogP contribution >= 0.6 is 11.8 Å². The van der Waals surface area contributed by atoms with Crippen LogP contribution in [0.2, 0.25) is 0 Å². The minimum Gasteiger partial charge on any atom is -0.310 e. The molecule has 0 radical (unpaired) electrons. The van der Waals surface area contributed by atoms with Crippen LogP contribution in [0.25, 0.3) is 0 Å². The molecule has 2 aliphatic heterocycles. The van der Waals surface area contributed by atoms with E-state index in [9.17, 15) is 13.2 Å². The number of thioether (sulfide) groups is 1. The molecule has 2 aromatic heterocycles. The molecule has 2 aliphatic rings. The highest BCUT2D eigenvalue weighted by atomic mass is 32.2. The Morgan fingerprint density at radius 1 is 1.35 bits per heavy atom. The Labute approximate surface area is 156 Å². The van der Waals surface area contributed by atoms with Gasteiger partial charge in [0.2, 0.25) is 5.91 Å². The summed E-state index contributed by atoms with van der Waals surface area (Å²) in [5, 5.41) is 11.8. The first-order valence-electron chi connectivity index (χ1n) is 8.46. The molecule has 140 valence electrons. The third-order valence-electron chi connectivity index (χ3n) is 5.09. The second-order valence-corrected chi connectivity index (χ2v) is 10.2. The van der Waals surface area contributed by atoms with Crippen LogP contribution in [0.4, 0.5) is 5.82 Å². The molecule has 0 bridgehead atoms. The lowest BCUT2D eigenvalue weighted by Gasteiger charge is -2.16. The number of amides is 1. The largest absolute Gasteiger partial charge is 0.310 e. The number of sulfone groups is 1. The molecule has 0 spiro atoms. The van der Waals surface area contributed by atoms with Gasteiger partial charge in [-0.25, -0.2) is 8.42 Å². The lowest BCUT2D eigenvalue weighted by molar-refractivity contribution is -0.113. The Hall–Kier alpha value is -1.81. The van der Waals surface area contributed by atoms with E-state index in [1.54, 1.807) is 29.7 Å². The number of carbonyl (C=O) groups excluding carboxylic acids is 1. The fraction of sp³-hybridized carbons (Fsp3) is 0.562. The van der Waals surface area contributed by atoms with E-state index in [0.29, 0.717) is 18.0 Å². The highest BCUT2D eigenvalue weighted by Crippen LogP contribution is 2.44. The summed E-state index contributed by atoms with van der Waals surface area (Å²) < 4.78 is 27.3. The summed E-state index contributed by atoms with van der Waals surface area (Å²) in [6.45, 7) is 3.93. The lowest BCUT2D eigenvalue weighted by atomic mass is 10.0. The summed E-state index contributed by atoms with van der Waals surface area (Å²) >= 11 is 1.55. The molecule has 1 saturated heterocycles. The van der Waals surface area contributed by atoms with E-state index in [2.05, 4.69) is 15.5 Å². The van der Waals surface area contributed by atoms with Crippen molar-refractivity contribution in [2.45, 2.75) is 31.6 Å². The van der Waals surface area contributed by atoms with E-state index < -0.39 is 9.84 Å². The first kappa shape index (κ1) is 17.6. The van der Waals surface area contributed by atoms with Crippen molar-refractivity contribution in [3.63, 3.8) is 0 Å².